The molecule has 1 aliphatic heterocycles. The van der Waals surface area contributed by atoms with Crippen LogP contribution in [0.15, 0.2) is 12.1 Å². The molecule has 0 saturated carbocycles. The summed E-state index contributed by atoms with van der Waals surface area (Å²) >= 11 is 0. The third kappa shape index (κ3) is 2.66. The summed E-state index contributed by atoms with van der Waals surface area (Å²) < 4.78 is 75.9. The van der Waals surface area contributed by atoms with Crippen LogP contribution >= 0.6 is 0 Å². The van der Waals surface area contributed by atoms with Gasteiger partial charge in [0.2, 0.25) is 5.91 Å². The van der Waals surface area contributed by atoms with Gasteiger partial charge in [0.25, 0.3) is 0 Å². The summed E-state index contributed by atoms with van der Waals surface area (Å²) in [6.45, 7) is 0. The van der Waals surface area contributed by atoms with Gasteiger partial charge >= 0.3 is 12.4 Å². The van der Waals surface area contributed by atoms with E-state index in [9.17, 15) is 31.1 Å². The first-order valence-corrected chi connectivity index (χ1v) is 5.20. The van der Waals surface area contributed by atoms with E-state index in [1.54, 1.807) is 0 Å². The summed E-state index contributed by atoms with van der Waals surface area (Å²) in [5, 5.41) is 2.05. The van der Waals surface area contributed by atoms with Crippen LogP contribution < -0.4 is 5.32 Å². The van der Waals surface area contributed by atoms with Gasteiger partial charge in [-0.1, -0.05) is 0 Å². The summed E-state index contributed by atoms with van der Waals surface area (Å²) in [6.07, 6.45) is -10.2. The molecule has 1 N–H and O–H groups in total. The molecule has 0 unspecified atom stereocenters. The van der Waals surface area contributed by atoms with Gasteiger partial charge in [0.15, 0.2) is 0 Å². The van der Waals surface area contributed by atoms with Crippen molar-refractivity contribution < 1.29 is 31.1 Å². The van der Waals surface area contributed by atoms with Crippen LogP contribution in [0.25, 0.3) is 0 Å². The number of carbonyl (C=O) groups excluding carboxylic acids is 1. The molecule has 1 aromatic rings. The van der Waals surface area contributed by atoms with Crippen molar-refractivity contribution in [3.8, 4) is 0 Å². The van der Waals surface area contributed by atoms with Crippen molar-refractivity contribution in [3.05, 3.63) is 28.8 Å². The number of anilines is 1. The molecule has 0 aromatic heterocycles. The zero-order chi connectivity index (χ0) is 14.4. The molecule has 1 aliphatic rings. The summed E-state index contributed by atoms with van der Waals surface area (Å²) in [4.78, 5) is 11.1. The molecule has 0 atom stereocenters. The second-order valence-electron chi connectivity index (χ2n) is 4.09. The Morgan fingerprint density at radius 1 is 0.947 bits per heavy atom. The maximum Gasteiger partial charge on any atom is 0.416 e. The molecule has 2 rings (SSSR count). The van der Waals surface area contributed by atoms with E-state index < -0.39 is 35.1 Å². The monoisotopic (exact) mass is 283 g/mol. The molecule has 0 spiro atoms. The lowest BCUT2D eigenvalue weighted by molar-refractivity contribution is -0.143. The van der Waals surface area contributed by atoms with Gasteiger partial charge in [-0.15, -0.1) is 0 Å². The van der Waals surface area contributed by atoms with Gasteiger partial charge in [0.1, 0.15) is 0 Å². The maximum absolute atomic E-state index is 12.8. The van der Waals surface area contributed by atoms with E-state index >= 15 is 0 Å². The Morgan fingerprint density at radius 2 is 1.58 bits per heavy atom. The molecule has 0 saturated heterocycles. The molecule has 0 radical (unpaired) electrons. The zero-order valence-electron chi connectivity index (χ0n) is 9.24. The van der Waals surface area contributed by atoms with Crippen LogP contribution in [-0.4, -0.2) is 5.91 Å². The predicted molar refractivity (Wildman–Crippen MR) is 53.4 cm³/mol. The number of alkyl halides is 6. The predicted octanol–water partition coefficient (Wildman–Crippen LogP) is 3.61. The molecule has 2 nitrogen and oxygen atoms in total. The minimum absolute atomic E-state index is 0.0797. The Balaban J connectivity index is 2.65. The third-order valence-corrected chi connectivity index (χ3v) is 2.76. The lowest BCUT2D eigenvalue weighted by Crippen LogP contribution is -2.24. The lowest BCUT2D eigenvalue weighted by atomic mass is 9.94. The highest BCUT2D eigenvalue weighted by Gasteiger charge is 2.40. The van der Waals surface area contributed by atoms with E-state index in [1.807, 2.05) is 5.32 Å². The van der Waals surface area contributed by atoms with Crippen molar-refractivity contribution in [2.24, 2.45) is 0 Å². The quantitative estimate of drug-likeness (QED) is 0.724. The smallest absolute Gasteiger partial charge is 0.326 e. The van der Waals surface area contributed by atoms with Crippen molar-refractivity contribution in [1.29, 1.82) is 0 Å². The van der Waals surface area contributed by atoms with Crippen molar-refractivity contribution in [2.45, 2.75) is 25.2 Å². The Bertz CT molecular complexity index is 531. The van der Waals surface area contributed by atoms with Crippen molar-refractivity contribution in [2.75, 3.05) is 5.32 Å². The highest BCUT2D eigenvalue weighted by atomic mass is 19.4. The second kappa shape index (κ2) is 4.14. The molecular weight excluding hydrogens is 276 g/mol. The van der Waals surface area contributed by atoms with Crippen LogP contribution in [0.3, 0.4) is 0 Å². The Morgan fingerprint density at radius 3 is 2.11 bits per heavy atom. The second-order valence-corrected chi connectivity index (χ2v) is 4.09. The molecule has 0 fully saturated rings. The van der Waals surface area contributed by atoms with Gasteiger partial charge < -0.3 is 5.32 Å². The number of fused-ring (bicyclic) bond motifs is 1. The lowest BCUT2D eigenvalue weighted by Gasteiger charge is -2.23. The Hall–Kier alpha value is -1.73. The average molecular weight is 283 g/mol. The fourth-order valence-corrected chi connectivity index (χ4v) is 1.92. The van der Waals surface area contributed by atoms with Crippen LogP contribution in [0.2, 0.25) is 0 Å². The molecule has 1 aromatic carbocycles. The van der Waals surface area contributed by atoms with Crippen LogP contribution in [0, 0.1) is 0 Å². The largest absolute Gasteiger partial charge is 0.416 e. The van der Waals surface area contributed by atoms with E-state index in [0.717, 1.165) is 0 Å². The number of hydrogen-bond donors (Lipinski definition) is 1. The standard InChI is InChI=1S/C11H7F6NO/c12-10(13,14)5-3-7(11(15,16)17)6-1-2-9(19)18-8(6)4-5/h3-4H,1-2H2,(H,18,19). The molecular formula is C11H7F6NO. The fourth-order valence-electron chi connectivity index (χ4n) is 1.92. The Labute approximate surface area is 103 Å². The molecule has 19 heavy (non-hydrogen) atoms. The van der Waals surface area contributed by atoms with Gasteiger partial charge in [-0.2, -0.15) is 26.3 Å². The first kappa shape index (κ1) is 13.7. The van der Waals surface area contributed by atoms with E-state index in [2.05, 4.69) is 0 Å². The first-order chi connectivity index (χ1) is 8.59. The molecule has 0 aliphatic carbocycles. The summed E-state index contributed by atoms with van der Waals surface area (Å²) in [7, 11) is 0. The Kier molecular flexibility index (Phi) is 2.98. The van der Waals surface area contributed by atoms with Gasteiger partial charge in [-0.3, -0.25) is 4.79 Å². The third-order valence-electron chi connectivity index (χ3n) is 2.76. The van der Waals surface area contributed by atoms with Crippen molar-refractivity contribution >= 4 is 11.6 Å². The van der Waals surface area contributed by atoms with E-state index in [-0.39, 0.29) is 24.5 Å². The van der Waals surface area contributed by atoms with Gasteiger partial charge in [-0.05, 0) is 24.1 Å². The van der Waals surface area contributed by atoms with Crippen molar-refractivity contribution in [3.63, 3.8) is 0 Å². The van der Waals surface area contributed by atoms with E-state index in [4.69, 9.17) is 0 Å². The number of halogens is 6. The summed E-state index contributed by atoms with van der Waals surface area (Å²) in [5.74, 6) is -0.597. The molecule has 1 amide bonds. The number of benzene rings is 1. The van der Waals surface area contributed by atoms with Crippen LogP contribution in [0.5, 0.6) is 0 Å². The minimum atomic E-state index is -4.91. The highest BCUT2D eigenvalue weighted by Crippen LogP contribution is 2.42. The van der Waals surface area contributed by atoms with E-state index in [0.29, 0.717) is 6.07 Å². The number of nitrogens with one attached hydrogen (secondary N) is 1. The molecule has 8 heteroatoms. The number of rotatable bonds is 0. The number of carbonyl (C=O) groups is 1. The topological polar surface area (TPSA) is 29.1 Å². The van der Waals surface area contributed by atoms with E-state index in [1.165, 1.54) is 0 Å². The molecule has 0 bridgehead atoms. The fraction of sp³-hybridized carbons (Fsp3) is 0.364. The molecule has 1 heterocycles. The summed E-state index contributed by atoms with van der Waals surface area (Å²) in [5.41, 5.74) is -3.50. The normalized spacial score (nSPS) is 16.0. The van der Waals surface area contributed by atoms with Crippen molar-refractivity contribution in [1.82, 2.24) is 0 Å². The SMILES string of the molecule is O=C1CCc2c(cc(C(F)(F)F)cc2C(F)(F)F)N1. The van der Waals surface area contributed by atoms with Crippen LogP contribution in [0.1, 0.15) is 23.1 Å². The first-order valence-electron chi connectivity index (χ1n) is 5.20. The van der Waals surface area contributed by atoms with Gasteiger partial charge in [-0.25, -0.2) is 0 Å². The number of amides is 1. The number of hydrogen-bond acceptors (Lipinski definition) is 1. The average Bonchev–Trinajstić information content (AvgIpc) is 2.24. The van der Waals surface area contributed by atoms with Crippen LogP contribution in [-0.2, 0) is 23.6 Å². The maximum atomic E-state index is 12.8. The zero-order valence-corrected chi connectivity index (χ0v) is 9.24. The summed E-state index contributed by atoms with van der Waals surface area (Å²) in [6, 6.07) is 0.609. The molecule has 104 valence electrons. The van der Waals surface area contributed by atoms with Crippen LogP contribution in [0.4, 0.5) is 32.0 Å². The highest BCUT2D eigenvalue weighted by molar-refractivity contribution is 5.94. The minimum Gasteiger partial charge on any atom is -0.326 e. The van der Waals surface area contributed by atoms with Gasteiger partial charge in [0, 0.05) is 12.1 Å². The van der Waals surface area contributed by atoms with Gasteiger partial charge in [0.05, 0.1) is 11.1 Å².